The van der Waals surface area contributed by atoms with Crippen LogP contribution in [0.4, 0.5) is 10.5 Å². The molecule has 14 heavy (non-hydrogen) atoms. The molecule has 6 heteroatoms. The maximum absolute atomic E-state index is 11.1. The summed E-state index contributed by atoms with van der Waals surface area (Å²) in [6, 6.07) is -0.163. The smallest absolute Gasteiger partial charge is 0.412 e. The van der Waals surface area contributed by atoms with Crippen molar-refractivity contribution in [2.75, 3.05) is 11.4 Å². The second-order valence-corrected chi connectivity index (χ2v) is 3.05. The largest absolute Gasteiger partial charge is 0.433 e. The lowest BCUT2D eigenvalue weighted by atomic mass is 10.3. The molecule has 0 bridgehead atoms. The van der Waals surface area contributed by atoms with Gasteiger partial charge in [-0.3, -0.25) is 10.00 Å². The third-order valence-electron chi connectivity index (χ3n) is 1.92. The number of anilines is 1. The van der Waals surface area contributed by atoms with E-state index in [9.17, 15) is 4.79 Å². The monoisotopic (exact) mass is 217 g/mol. The number of halogens is 1. The Morgan fingerprint density at radius 3 is 2.71 bits per heavy atom. The number of amides is 1. The maximum Gasteiger partial charge on any atom is 0.412 e. The summed E-state index contributed by atoms with van der Waals surface area (Å²) in [5.74, 6) is 0. The Hall–Kier alpha value is -1.23. The van der Waals surface area contributed by atoms with Gasteiger partial charge in [0.05, 0.1) is 17.1 Å². The van der Waals surface area contributed by atoms with Crippen molar-refractivity contribution in [3.63, 3.8) is 0 Å². The Kier molecular flexibility index (Phi) is 3.35. The van der Waals surface area contributed by atoms with E-state index in [-0.39, 0.29) is 6.07 Å². The lowest BCUT2D eigenvalue weighted by molar-refractivity contribution is 0.180. The fraction of sp³-hybridized carbons (Fsp3) is 0.500. The molecule has 1 N–H and O–H groups in total. The predicted octanol–water partition coefficient (Wildman–Crippen LogP) is 1.78. The van der Waals surface area contributed by atoms with Crippen molar-refractivity contribution < 1.29 is 9.53 Å². The molecule has 0 spiro atoms. The molecule has 0 fully saturated rings. The Balaban J connectivity index is 2.81. The normalized spacial score (nSPS) is 10.0. The summed E-state index contributed by atoms with van der Waals surface area (Å²) in [6.45, 7) is 3.67. The standard InChI is InChI=1S/C8H12ClN3O2/c1-5-7(6(2)12(3)11-5)10-8(13)14-4-9/h4H2,1-3H3,(H,10,13). The summed E-state index contributed by atoms with van der Waals surface area (Å²) in [7, 11) is 1.81. The van der Waals surface area contributed by atoms with Gasteiger partial charge in [0.15, 0.2) is 6.07 Å². The molecule has 0 radical (unpaired) electrons. The van der Waals surface area contributed by atoms with Crippen molar-refractivity contribution in [3.8, 4) is 0 Å². The summed E-state index contributed by atoms with van der Waals surface area (Å²) in [5.41, 5.74) is 2.29. The number of aromatic nitrogens is 2. The van der Waals surface area contributed by atoms with Crippen LogP contribution in [0.1, 0.15) is 11.4 Å². The highest BCUT2D eigenvalue weighted by Gasteiger charge is 2.12. The second kappa shape index (κ2) is 4.32. The number of alkyl halides is 1. The van der Waals surface area contributed by atoms with Crippen molar-refractivity contribution in [2.24, 2.45) is 7.05 Å². The van der Waals surface area contributed by atoms with Gasteiger partial charge in [-0.15, -0.1) is 0 Å². The first kappa shape index (κ1) is 10.8. The van der Waals surface area contributed by atoms with E-state index in [0.717, 1.165) is 11.4 Å². The van der Waals surface area contributed by atoms with Gasteiger partial charge in [-0.1, -0.05) is 11.6 Å². The van der Waals surface area contributed by atoms with Gasteiger partial charge in [-0.2, -0.15) is 5.10 Å². The first-order valence-electron chi connectivity index (χ1n) is 4.06. The molecule has 1 aromatic rings. The van der Waals surface area contributed by atoms with Crippen LogP contribution < -0.4 is 5.32 Å². The molecule has 1 amide bonds. The minimum atomic E-state index is -0.570. The Labute approximate surface area is 87.0 Å². The molecule has 78 valence electrons. The highest BCUT2D eigenvalue weighted by molar-refractivity contribution is 6.17. The van der Waals surface area contributed by atoms with E-state index in [4.69, 9.17) is 11.6 Å². The van der Waals surface area contributed by atoms with Crippen LogP contribution in [0.15, 0.2) is 0 Å². The number of nitrogens with one attached hydrogen (secondary N) is 1. The molecule has 0 saturated heterocycles. The summed E-state index contributed by atoms with van der Waals surface area (Å²) in [6.07, 6.45) is -0.570. The molecular formula is C8H12ClN3O2. The van der Waals surface area contributed by atoms with E-state index in [1.807, 2.05) is 13.8 Å². The minimum Gasteiger partial charge on any atom is -0.433 e. The van der Waals surface area contributed by atoms with E-state index in [0.29, 0.717) is 5.69 Å². The van der Waals surface area contributed by atoms with E-state index >= 15 is 0 Å². The molecule has 0 aromatic carbocycles. The van der Waals surface area contributed by atoms with Crippen LogP contribution in [0.5, 0.6) is 0 Å². The molecular weight excluding hydrogens is 206 g/mol. The van der Waals surface area contributed by atoms with Crippen LogP contribution in [0.3, 0.4) is 0 Å². The molecule has 0 aliphatic rings. The molecule has 0 saturated carbocycles. The van der Waals surface area contributed by atoms with Gasteiger partial charge in [0.25, 0.3) is 0 Å². The maximum atomic E-state index is 11.1. The lowest BCUT2D eigenvalue weighted by Gasteiger charge is -2.04. The van der Waals surface area contributed by atoms with Gasteiger partial charge in [0.2, 0.25) is 0 Å². The number of carbonyl (C=O) groups excluding carboxylic acids is 1. The van der Waals surface area contributed by atoms with Gasteiger partial charge in [0, 0.05) is 7.05 Å². The zero-order valence-corrected chi connectivity index (χ0v) is 9.05. The molecule has 0 aliphatic carbocycles. The molecule has 1 aromatic heterocycles. The average molecular weight is 218 g/mol. The summed E-state index contributed by atoms with van der Waals surface area (Å²) >= 11 is 5.24. The van der Waals surface area contributed by atoms with Gasteiger partial charge in [-0.05, 0) is 13.8 Å². The van der Waals surface area contributed by atoms with E-state index in [2.05, 4.69) is 15.2 Å². The quantitative estimate of drug-likeness (QED) is 0.769. The highest BCUT2D eigenvalue weighted by atomic mass is 35.5. The zero-order valence-electron chi connectivity index (χ0n) is 8.30. The van der Waals surface area contributed by atoms with Crippen molar-refractivity contribution in [3.05, 3.63) is 11.4 Å². The van der Waals surface area contributed by atoms with Crippen LogP contribution in [-0.4, -0.2) is 21.9 Å². The minimum absolute atomic E-state index is 0.163. The van der Waals surface area contributed by atoms with E-state index in [1.54, 1.807) is 11.7 Å². The van der Waals surface area contributed by atoms with Gasteiger partial charge in [0.1, 0.15) is 0 Å². The average Bonchev–Trinajstić information content (AvgIpc) is 2.33. The topological polar surface area (TPSA) is 56.2 Å². The fourth-order valence-electron chi connectivity index (χ4n) is 1.14. The number of rotatable bonds is 2. The third-order valence-corrected chi connectivity index (χ3v) is 2.03. The molecule has 0 aliphatic heterocycles. The van der Waals surface area contributed by atoms with Crippen LogP contribution in [0.25, 0.3) is 0 Å². The first-order valence-corrected chi connectivity index (χ1v) is 4.59. The lowest BCUT2D eigenvalue weighted by Crippen LogP contribution is -2.13. The molecule has 1 rings (SSSR count). The number of nitrogens with zero attached hydrogens (tertiary/aromatic N) is 2. The van der Waals surface area contributed by atoms with Crippen molar-refractivity contribution >= 4 is 23.4 Å². The second-order valence-electron chi connectivity index (χ2n) is 2.84. The Bertz CT molecular complexity index is 349. The SMILES string of the molecule is Cc1nn(C)c(C)c1NC(=O)OCCl. The number of hydrogen-bond acceptors (Lipinski definition) is 3. The van der Waals surface area contributed by atoms with Crippen LogP contribution in [-0.2, 0) is 11.8 Å². The van der Waals surface area contributed by atoms with Crippen molar-refractivity contribution in [1.82, 2.24) is 9.78 Å². The number of aryl methyl sites for hydroxylation is 2. The molecule has 0 atom stereocenters. The Morgan fingerprint density at radius 2 is 2.29 bits per heavy atom. The van der Waals surface area contributed by atoms with Gasteiger partial charge in [-0.25, -0.2) is 4.79 Å². The summed E-state index contributed by atoms with van der Waals surface area (Å²) < 4.78 is 6.23. The van der Waals surface area contributed by atoms with E-state index < -0.39 is 6.09 Å². The van der Waals surface area contributed by atoms with E-state index in [1.165, 1.54) is 0 Å². The summed E-state index contributed by atoms with van der Waals surface area (Å²) in [5, 5.41) is 6.71. The van der Waals surface area contributed by atoms with Gasteiger partial charge >= 0.3 is 6.09 Å². The van der Waals surface area contributed by atoms with Crippen LogP contribution >= 0.6 is 11.6 Å². The molecule has 0 unspecified atom stereocenters. The summed E-state index contributed by atoms with van der Waals surface area (Å²) in [4.78, 5) is 11.1. The predicted molar refractivity (Wildman–Crippen MR) is 53.5 cm³/mol. The van der Waals surface area contributed by atoms with Crippen molar-refractivity contribution in [2.45, 2.75) is 13.8 Å². The molecule has 1 heterocycles. The zero-order chi connectivity index (χ0) is 10.7. The van der Waals surface area contributed by atoms with Crippen LogP contribution in [0, 0.1) is 13.8 Å². The fourth-order valence-corrected chi connectivity index (χ4v) is 1.24. The van der Waals surface area contributed by atoms with Gasteiger partial charge < -0.3 is 4.74 Å². The van der Waals surface area contributed by atoms with Crippen LogP contribution in [0.2, 0.25) is 0 Å². The molecule has 5 nitrogen and oxygen atoms in total. The number of hydrogen-bond donors (Lipinski definition) is 1. The third kappa shape index (κ3) is 2.17. The number of ether oxygens (including phenoxy) is 1. The Morgan fingerprint density at radius 1 is 1.64 bits per heavy atom. The first-order chi connectivity index (χ1) is 6.56. The highest BCUT2D eigenvalue weighted by Crippen LogP contribution is 2.18. The van der Waals surface area contributed by atoms with Crippen molar-refractivity contribution in [1.29, 1.82) is 0 Å². The number of carbonyl (C=O) groups is 1.